The van der Waals surface area contributed by atoms with Crippen LogP contribution in [0.2, 0.25) is 0 Å². The Bertz CT molecular complexity index is 2410. The van der Waals surface area contributed by atoms with Crippen LogP contribution < -0.4 is 19.7 Å². The Kier molecular flexibility index (Phi) is 9.90. The van der Waals surface area contributed by atoms with Crippen LogP contribution in [0.25, 0.3) is 32.9 Å². The molecule has 4 saturated heterocycles. The molecule has 6 aliphatic heterocycles. The summed E-state index contributed by atoms with van der Waals surface area (Å²) in [5.74, 6) is -2.23. The average Bonchev–Trinajstić information content (AvgIpc) is 3.77. The second-order valence-electron chi connectivity index (χ2n) is 17.3. The lowest BCUT2D eigenvalue weighted by atomic mass is 9.90. The van der Waals surface area contributed by atoms with E-state index < -0.39 is 60.2 Å². The number of aryl methyl sites for hydroxylation is 1. The van der Waals surface area contributed by atoms with Crippen LogP contribution in [0.5, 0.6) is 11.8 Å². The number of amides is 3. The fraction of sp³-hybridized carbons (Fsp3) is 0.524. The molecule has 0 saturated carbocycles. The summed E-state index contributed by atoms with van der Waals surface area (Å²) in [6.45, 7) is 2.67. The Labute approximate surface area is 343 Å². The van der Waals surface area contributed by atoms with Crippen molar-refractivity contribution in [2.75, 3.05) is 71.5 Å². The van der Waals surface area contributed by atoms with E-state index in [0.717, 1.165) is 48.6 Å². The number of fused-ring (bicyclic) bond motifs is 7. The number of benzene rings is 2. The first-order valence-corrected chi connectivity index (χ1v) is 20.4. The average molecular weight is 835 g/mol. The first-order valence-electron chi connectivity index (χ1n) is 20.4. The normalized spacial score (nSPS) is 23.5. The zero-order chi connectivity index (χ0) is 42.1. The van der Waals surface area contributed by atoms with Gasteiger partial charge >= 0.3 is 18.2 Å². The highest BCUT2D eigenvalue weighted by atomic mass is 19.1. The number of carbonyl (C=O) groups excluding carboxylic acids is 3. The van der Waals surface area contributed by atoms with Gasteiger partial charge in [0.25, 0.3) is 5.91 Å². The fourth-order valence-electron chi connectivity index (χ4n) is 9.83. The molecule has 2 atom stereocenters. The maximum absolute atomic E-state index is 17.5. The highest BCUT2D eigenvalue weighted by Gasteiger charge is 2.53. The largest absolute Gasteiger partial charge is 0.461 e. The molecule has 60 heavy (non-hydrogen) atoms. The van der Waals surface area contributed by atoms with Gasteiger partial charge in [-0.3, -0.25) is 14.7 Å². The molecule has 0 spiro atoms. The predicted octanol–water partition coefficient (Wildman–Crippen LogP) is 5.72. The van der Waals surface area contributed by atoms with Crippen LogP contribution in [0.4, 0.5) is 33.0 Å². The summed E-state index contributed by atoms with van der Waals surface area (Å²) in [6, 6.07) is 5.38. The maximum Gasteiger partial charge on any atom is 0.415 e. The molecule has 4 fully saturated rings. The van der Waals surface area contributed by atoms with Crippen molar-refractivity contribution in [3.8, 4) is 23.0 Å². The number of likely N-dealkylation sites (tertiary alicyclic amines) is 1. The van der Waals surface area contributed by atoms with Gasteiger partial charge in [-0.1, -0.05) is 6.07 Å². The second-order valence-corrected chi connectivity index (χ2v) is 17.3. The smallest absolute Gasteiger partial charge is 0.415 e. The molecule has 2 aromatic carbocycles. The topological polar surface area (TPSA) is 143 Å². The number of ether oxygens (including phenoxy) is 3. The maximum atomic E-state index is 17.5. The number of hydrogen-bond donors (Lipinski definition) is 1. The van der Waals surface area contributed by atoms with E-state index in [0.29, 0.717) is 5.39 Å². The summed E-state index contributed by atoms with van der Waals surface area (Å²) >= 11 is 0. The van der Waals surface area contributed by atoms with Crippen LogP contribution in [0, 0.1) is 11.6 Å². The second kappa shape index (κ2) is 14.9. The minimum Gasteiger partial charge on any atom is -0.461 e. The number of alkyl halides is 2. The van der Waals surface area contributed by atoms with Gasteiger partial charge in [-0.25, -0.2) is 27.2 Å². The molecule has 6 bridgehead atoms. The van der Waals surface area contributed by atoms with Crippen LogP contribution in [-0.4, -0.2) is 137 Å². The Balaban J connectivity index is 1.18. The molecular weight excluding hydrogens is 789 g/mol. The van der Waals surface area contributed by atoms with Crippen molar-refractivity contribution in [3.05, 3.63) is 47.7 Å². The van der Waals surface area contributed by atoms with Crippen LogP contribution in [-0.2, 0) is 16.0 Å². The molecule has 318 valence electrons. The number of hydrogen-bond acceptors (Lipinski definition) is 11. The van der Waals surface area contributed by atoms with Gasteiger partial charge < -0.3 is 34.2 Å². The van der Waals surface area contributed by atoms with Gasteiger partial charge in [-0.05, 0) is 93.1 Å². The first kappa shape index (κ1) is 39.9. The molecule has 18 heteroatoms. The van der Waals surface area contributed by atoms with Crippen molar-refractivity contribution in [2.24, 2.45) is 0 Å². The predicted molar refractivity (Wildman–Crippen MR) is 212 cm³/mol. The fourth-order valence-corrected chi connectivity index (χ4v) is 9.83. The zero-order valence-corrected chi connectivity index (χ0v) is 33.7. The minimum absolute atomic E-state index is 0.0177. The van der Waals surface area contributed by atoms with E-state index in [2.05, 4.69) is 20.2 Å². The third kappa shape index (κ3) is 7.05. The van der Waals surface area contributed by atoms with E-state index in [1.54, 1.807) is 11.8 Å². The number of alkyl carbamates (subject to hydrolysis) is 1. The van der Waals surface area contributed by atoms with E-state index in [1.807, 2.05) is 0 Å². The van der Waals surface area contributed by atoms with E-state index in [-0.39, 0.29) is 102 Å². The number of piperidine rings is 1. The number of pyridine rings is 1. The first-order chi connectivity index (χ1) is 28.6. The molecule has 10 rings (SSSR count). The Morgan fingerprint density at radius 2 is 1.83 bits per heavy atom. The van der Waals surface area contributed by atoms with Gasteiger partial charge in [0.05, 0.1) is 42.7 Å². The van der Waals surface area contributed by atoms with Crippen molar-refractivity contribution in [1.82, 2.24) is 35.0 Å². The summed E-state index contributed by atoms with van der Waals surface area (Å²) in [5, 5.41) is 3.58. The third-order valence-corrected chi connectivity index (χ3v) is 12.6. The highest BCUT2D eigenvalue weighted by molar-refractivity contribution is 6.02. The molecule has 6 aliphatic rings. The number of nitrogens with one attached hydrogen (secondary N) is 1. The summed E-state index contributed by atoms with van der Waals surface area (Å²) in [4.78, 5) is 58.9. The van der Waals surface area contributed by atoms with E-state index in [9.17, 15) is 14.4 Å². The number of nitrogens with zero attached hydrogens (tertiary/aromatic N) is 7. The molecule has 0 radical (unpaired) electrons. The molecule has 8 heterocycles. The Morgan fingerprint density at radius 3 is 2.58 bits per heavy atom. The standard InChI is InChI=1S/C42H46F4N8O6/c1-40-17-25(43)19-52(20-40)35-29-18-47-33(32(45)34(29)48-37(49-35)59-23-41-10-5-12-54(41)13-6-11-41)28-16-26(60-39(57)53-21-42(46,22-53)36(55)51(2)3)15-24-8-9-30(44)27(31(24)28)7-4-14-58-38(56)50-40/h8-9,15-16,18,25H,4-7,10-14,17,19-23H2,1-3H3,(H,50,56). The lowest BCUT2D eigenvalue weighted by Gasteiger charge is -2.43. The summed E-state index contributed by atoms with van der Waals surface area (Å²) < 4.78 is 81.9. The molecule has 1 N–H and O–H groups in total. The van der Waals surface area contributed by atoms with Crippen molar-refractivity contribution >= 4 is 45.6 Å². The van der Waals surface area contributed by atoms with Gasteiger partial charge in [0.15, 0.2) is 5.82 Å². The molecule has 4 aromatic rings. The van der Waals surface area contributed by atoms with Gasteiger partial charge in [0, 0.05) is 38.8 Å². The minimum atomic E-state index is -2.26. The number of carbonyl (C=O) groups is 3. The van der Waals surface area contributed by atoms with Crippen LogP contribution >= 0.6 is 0 Å². The van der Waals surface area contributed by atoms with Gasteiger partial charge in [-0.2, -0.15) is 9.97 Å². The van der Waals surface area contributed by atoms with Crippen LogP contribution in [0.1, 0.15) is 51.0 Å². The highest BCUT2D eigenvalue weighted by Crippen LogP contribution is 2.42. The zero-order valence-electron chi connectivity index (χ0n) is 33.7. The Morgan fingerprint density at radius 1 is 1.07 bits per heavy atom. The van der Waals surface area contributed by atoms with Gasteiger partial charge in [-0.15, -0.1) is 0 Å². The molecular formula is C42H46F4N8O6. The van der Waals surface area contributed by atoms with Crippen molar-refractivity contribution in [1.29, 1.82) is 0 Å². The quantitative estimate of drug-likeness (QED) is 0.247. The lowest BCUT2D eigenvalue weighted by Crippen LogP contribution is -2.67. The Hall–Kier alpha value is -5.52. The number of aromatic nitrogens is 3. The molecule has 3 amide bonds. The number of halogens is 4. The summed E-state index contributed by atoms with van der Waals surface area (Å²) in [7, 11) is 2.83. The van der Waals surface area contributed by atoms with Crippen molar-refractivity contribution in [2.45, 2.75) is 74.8 Å². The van der Waals surface area contributed by atoms with E-state index in [4.69, 9.17) is 19.2 Å². The lowest BCUT2D eigenvalue weighted by molar-refractivity contribution is -0.151. The van der Waals surface area contributed by atoms with Gasteiger partial charge in [0.2, 0.25) is 5.67 Å². The third-order valence-electron chi connectivity index (χ3n) is 12.6. The van der Waals surface area contributed by atoms with Crippen LogP contribution in [0.15, 0.2) is 30.5 Å². The monoisotopic (exact) mass is 834 g/mol. The molecule has 0 aliphatic carbocycles. The van der Waals surface area contributed by atoms with Crippen molar-refractivity contribution < 1.29 is 46.2 Å². The number of anilines is 1. The molecule has 14 nitrogen and oxygen atoms in total. The van der Waals surface area contributed by atoms with Crippen molar-refractivity contribution in [3.63, 3.8) is 0 Å². The molecule has 2 aromatic heterocycles. The van der Waals surface area contributed by atoms with Gasteiger partial charge in [0.1, 0.15) is 41.4 Å². The van der Waals surface area contributed by atoms with Crippen LogP contribution in [0.3, 0.4) is 0 Å². The molecule has 2 unspecified atom stereocenters. The SMILES string of the molecule is CN(C)C(=O)C1(F)CN(C(=O)Oc2cc3c4c(c(F)ccc4c2)CCCOC(=O)NC2(C)CC(F)CN(C2)c2nc(OCC45CCCN4CCC5)nc4c(F)c-3ncc24)C1. The van der Waals surface area contributed by atoms with E-state index in [1.165, 1.54) is 44.6 Å². The van der Waals surface area contributed by atoms with E-state index >= 15 is 17.6 Å². The number of rotatable bonds is 5. The summed E-state index contributed by atoms with van der Waals surface area (Å²) in [6.07, 6.45) is 2.33. The summed E-state index contributed by atoms with van der Waals surface area (Å²) in [5.41, 5.74) is -3.80.